The molecule has 4 rings (SSSR count). The van der Waals surface area contributed by atoms with Gasteiger partial charge in [0.25, 0.3) is 11.8 Å². The van der Waals surface area contributed by atoms with Crippen LogP contribution in [0.15, 0.2) is 47.6 Å². The highest BCUT2D eigenvalue weighted by atomic mass is 32.1. The number of hydrogen-bond acceptors (Lipinski definition) is 3. The molecule has 0 atom stereocenters. The van der Waals surface area contributed by atoms with Crippen LogP contribution in [0.25, 0.3) is 11.8 Å². The average Bonchev–Trinajstić information content (AvgIpc) is 3.05. The standard InChI is InChI=1S/C26H29N3O2S/c1-17-9-11-22(12-10-17)29-18(2)15-21(19(29)3)16-23-24(30)27-26(32)28(25(23)31)14-13-20-7-5-4-6-8-20/h7,9-12,15-16H,4-6,8,13-14H2,1-3H3,(H,27,30,32)/b23-16-. The molecular formula is C26H29N3O2S. The van der Waals surface area contributed by atoms with Gasteiger partial charge in [-0.05, 0) is 94.9 Å². The molecule has 0 radical (unpaired) electrons. The first-order valence-electron chi connectivity index (χ1n) is 11.2. The van der Waals surface area contributed by atoms with E-state index in [2.05, 4.69) is 47.1 Å². The minimum atomic E-state index is -0.437. The molecule has 0 unspecified atom stereocenters. The van der Waals surface area contributed by atoms with Gasteiger partial charge in [-0.1, -0.05) is 29.3 Å². The molecule has 1 aliphatic heterocycles. The summed E-state index contributed by atoms with van der Waals surface area (Å²) < 4.78 is 2.13. The normalized spacial score (nSPS) is 18.2. The van der Waals surface area contributed by atoms with Crippen LogP contribution in [-0.4, -0.2) is 32.9 Å². The third-order valence-corrected chi connectivity index (χ3v) is 6.61. The van der Waals surface area contributed by atoms with Crippen molar-refractivity contribution >= 4 is 35.2 Å². The van der Waals surface area contributed by atoms with Gasteiger partial charge in [-0.2, -0.15) is 0 Å². The van der Waals surface area contributed by atoms with E-state index < -0.39 is 5.91 Å². The zero-order chi connectivity index (χ0) is 22.8. The average molecular weight is 448 g/mol. The largest absolute Gasteiger partial charge is 0.318 e. The van der Waals surface area contributed by atoms with Crippen LogP contribution in [0.5, 0.6) is 0 Å². The van der Waals surface area contributed by atoms with Gasteiger partial charge in [-0.15, -0.1) is 0 Å². The summed E-state index contributed by atoms with van der Waals surface area (Å²) >= 11 is 5.31. The predicted molar refractivity (Wildman–Crippen MR) is 132 cm³/mol. The lowest BCUT2D eigenvalue weighted by Crippen LogP contribution is -2.54. The molecule has 2 heterocycles. The summed E-state index contributed by atoms with van der Waals surface area (Å²) in [4.78, 5) is 27.4. The molecule has 1 aromatic heterocycles. The van der Waals surface area contributed by atoms with Gasteiger partial charge in [-0.25, -0.2) is 0 Å². The van der Waals surface area contributed by atoms with Crippen molar-refractivity contribution in [2.75, 3.05) is 6.54 Å². The van der Waals surface area contributed by atoms with Crippen molar-refractivity contribution in [3.05, 3.63) is 70.1 Å². The number of aromatic nitrogens is 1. The summed E-state index contributed by atoms with van der Waals surface area (Å²) in [7, 11) is 0. The number of carbonyl (C=O) groups excluding carboxylic acids is 2. The zero-order valence-electron chi connectivity index (χ0n) is 18.9. The van der Waals surface area contributed by atoms with Crippen molar-refractivity contribution in [3.8, 4) is 5.69 Å². The second-order valence-electron chi connectivity index (χ2n) is 8.63. The maximum atomic E-state index is 13.2. The van der Waals surface area contributed by atoms with Crippen LogP contribution in [0.4, 0.5) is 0 Å². The highest BCUT2D eigenvalue weighted by molar-refractivity contribution is 7.80. The van der Waals surface area contributed by atoms with Gasteiger partial charge in [0.15, 0.2) is 5.11 Å². The predicted octanol–water partition coefficient (Wildman–Crippen LogP) is 4.92. The summed E-state index contributed by atoms with van der Waals surface area (Å²) in [6.45, 7) is 6.58. The lowest BCUT2D eigenvalue weighted by Gasteiger charge is -2.29. The second-order valence-corrected chi connectivity index (χ2v) is 9.02. The molecule has 1 N–H and O–H groups in total. The van der Waals surface area contributed by atoms with Crippen LogP contribution in [0.3, 0.4) is 0 Å². The van der Waals surface area contributed by atoms with Gasteiger partial charge in [0.1, 0.15) is 5.57 Å². The molecule has 1 fully saturated rings. The van der Waals surface area contributed by atoms with E-state index in [4.69, 9.17) is 12.2 Å². The number of thiocarbonyl (C=S) groups is 1. The van der Waals surface area contributed by atoms with Crippen LogP contribution < -0.4 is 5.32 Å². The topological polar surface area (TPSA) is 54.3 Å². The third kappa shape index (κ3) is 4.46. The molecule has 5 nitrogen and oxygen atoms in total. The summed E-state index contributed by atoms with van der Waals surface area (Å²) in [6.07, 6.45) is 9.37. The molecule has 0 bridgehead atoms. The number of allylic oxidation sites excluding steroid dienone is 1. The van der Waals surface area contributed by atoms with E-state index in [1.54, 1.807) is 6.08 Å². The van der Waals surface area contributed by atoms with Crippen molar-refractivity contribution in [2.24, 2.45) is 0 Å². The molecule has 2 aliphatic rings. The maximum absolute atomic E-state index is 13.2. The Morgan fingerprint density at radius 1 is 1.09 bits per heavy atom. The van der Waals surface area contributed by atoms with Gasteiger partial charge in [0.2, 0.25) is 0 Å². The number of nitrogens with zero attached hydrogens (tertiary/aromatic N) is 2. The van der Waals surface area contributed by atoms with Gasteiger partial charge in [0.05, 0.1) is 0 Å². The quantitative estimate of drug-likeness (QED) is 0.306. The first kappa shape index (κ1) is 22.2. The number of aryl methyl sites for hydroxylation is 2. The molecule has 6 heteroatoms. The van der Waals surface area contributed by atoms with Crippen LogP contribution >= 0.6 is 12.2 Å². The van der Waals surface area contributed by atoms with Crippen LogP contribution in [-0.2, 0) is 9.59 Å². The van der Waals surface area contributed by atoms with Crippen LogP contribution in [0.1, 0.15) is 54.6 Å². The number of benzene rings is 1. The molecule has 0 saturated carbocycles. The zero-order valence-corrected chi connectivity index (χ0v) is 19.7. The minimum Gasteiger partial charge on any atom is -0.318 e. The molecule has 2 amide bonds. The Kier molecular flexibility index (Phi) is 6.42. The minimum absolute atomic E-state index is 0.125. The number of nitrogens with one attached hydrogen (secondary N) is 1. The highest BCUT2D eigenvalue weighted by Gasteiger charge is 2.33. The Morgan fingerprint density at radius 3 is 2.53 bits per heavy atom. The number of rotatable bonds is 5. The van der Waals surface area contributed by atoms with Gasteiger partial charge < -0.3 is 4.57 Å². The first-order valence-corrected chi connectivity index (χ1v) is 11.6. The third-order valence-electron chi connectivity index (χ3n) is 6.29. The van der Waals surface area contributed by atoms with E-state index in [9.17, 15) is 9.59 Å². The van der Waals surface area contributed by atoms with Gasteiger partial charge in [0, 0.05) is 23.6 Å². The summed E-state index contributed by atoms with van der Waals surface area (Å²) in [6, 6.07) is 10.3. The van der Waals surface area contributed by atoms with Crippen LogP contribution in [0.2, 0.25) is 0 Å². The van der Waals surface area contributed by atoms with E-state index in [0.717, 1.165) is 41.9 Å². The molecule has 32 heavy (non-hydrogen) atoms. The fourth-order valence-corrected chi connectivity index (χ4v) is 4.73. The molecule has 1 saturated heterocycles. The van der Waals surface area contributed by atoms with Crippen molar-refractivity contribution in [3.63, 3.8) is 0 Å². The molecule has 2 aromatic rings. The van der Waals surface area contributed by atoms with Crippen molar-refractivity contribution in [1.82, 2.24) is 14.8 Å². The first-order chi connectivity index (χ1) is 15.3. The fraction of sp³-hybridized carbons (Fsp3) is 0.346. The summed E-state index contributed by atoms with van der Waals surface area (Å²) in [5.41, 5.74) is 6.62. The van der Waals surface area contributed by atoms with E-state index in [1.807, 2.05) is 19.9 Å². The lowest BCUT2D eigenvalue weighted by molar-refractivity contribution is -0.128. The van der Waals surface area contributed by atoms with E-state index in [1.165, 1.54) is 28.9 Å². The SMILES string of the molecule is Cc1ccc(-n2c(C)cc(/C=C3/C(=O)NC(=S)N(CCC4=CCCCC4)C3=O)c2C)cc1. The smallest absolute Gasteiger partial charge is 0.265 e. The van der Waals surface area contributed by atoms with Crippen LogP contribution in [0, 0.1) is 20.8 Å². The Balaban J connectivity index is 1.61. The van der Waals surface area contributed by atoms with E-state index in [-0.39, 0.29) is 16.6 Å². The fourth-order valence-electron chi connectivity index (χ4n) is 4.46. The Bertz CT molecular complexity index is 1140. The van der Waals surface area contributed by atoms with Crippen molar-refractivity contribution in [1.29, 1.82) is 0 Å². The van der Waals surface area contributed by atoms with E-state index >= 15 is 0 Å². The summed E-state index contributed by atoms with van der Waals surface area (Å²) in [5, 5.41) is 2.89. The maximum Gasteiger partial charge on any atom is 0.265 e. The molecular weight excluding hydrogens is 418 g/mol. The Hall–Kier alpha value is -2.99. The number of hydrogen-bond donors (Lipinski definition) is 1. The van der Waals surface area contributed by atoms with Crippen molar-refractivity contribution in [2.45, 2.75) is 52.9 Å². The molecule has 166 valence electrons. The Labute approximate surface area is 194 Å². The molecule has 0 spiro atoms. The van der Waals surface area contributed by atoms with Crippen molar-refractivity contribution < 1.29 is 9.59 Å². The van der Waals surface area contributed by atoms with Gasteiger partial charge in [-0.3, -0.25) is 19.8 Å². The molecule has 1 aliphatic carbocycles. The highest BCUT2D eigenvalue weighted by Crippen LogP contribution is 2.25. The van der Waals surface area contributed by atoms with E-state index in [0.29, 0.717) is 6.54 Å². The Morgan fingerprint density at radius 2 is 1.84 bits per heavy atom. The molecule has 1 aromatic carbocycles. The van der Waals surface area contributed by atoms with Gasteiger partial charge >= 0.3 is 0 Å². The monoisotopic (exact) mass is 447 g/mol. The second kappa shape index (κ2) is 9.25. The summed E-state index contributed by atoms with van der Waals surface area (Å²) in [5.74, 6) is -0.761. The number of carbonyl (C=O) groups is 2. The number of amides is 2. The lowest BCUT2D eigenvalue weighted by atomic mass is 9.97.